The van der Waals surface area contributed by atoms with Crippen molar-refractivity contribution in [2.75, 3.05) is 25.6 Å². The summed E-state index contributed by atoms with van der Waals surface area (Å²) >= 11 is 14.0. The lowest BCUT2D eigenvalue weighted by atomic mass is 9.99. The van der Waals surface area contributed by atoms with Crippen LogP contribution in [0.5, 0.6) is 5.88 Å². The second-order valence-electron chi connectivity index (χ2n) is 12.8. The number of benzene rings is 2. The predicted molar refractivity (Wildman–Crippen MR) is 192 cm³/mol. The number of aryl methyl sites for hydroxylation is 2. The first-order chi connectivity index (χ1) is 24.8. The van der Waals surface area contributed by atoms with Gasteiger partial charge < -0.3 is 25.2 Å². The molecule has 52 heavy (non-hydrogen) atoms. The molecule has 1 aliphatic carbocycles. The molecule has 3 N–H and O–H groups in total. The Morgan fingerprint density at radius 2 is 1.69 bits per heavy atom. The van der Waals surface area contributed by atoms with Gasteiger partial charge in [0, 0.05) is 55.0 Å². The smallest absolute Gasteiger partial charge is 0.433 e. The lowest BCUT2D eigenvalue weighted by Gasteiger charge is -2.31. The van der Waals surface area contributed by atoms with Gasteiger partial charge in [0.2, 0.25) is 5.88 Å². The molecule has 0 saturated carbocycles. The van der Waals surface area contributed by atoms with Crippen molar-refractivity contribution in [3.8, 4) is 28.3 Å². The molecule has 272 valence electrons. The molecule has 3 aromatic heterocycles. The number of ether oxygens (including phenoxy) is 2. The summed E-state index contributed by atoms with van der Waals surface area (Å²) in [5.41, 5.74) is 1.09. The van der Waals surface area contributed by atoms with Gasteiger partial charge in [-0.05, 0) is 43.0 Å². The van der Waals surface area contributed by atoms with Gasteiger partial charge in [0.25, 0.3) is 5.56 Å². The number of aliphatic hydroxyl groups is 1. The summed E-state index contributed by atoms with van der Waals surface area (Å²) in [6, 6.07) is 12.7. The third-order valence-electron chi connectivity index (χ3n) is 9.65. The maximum atomic E-state index is 14.0. The van der Waals surface area contributed by atoms with Crippen LogP contribution < -0.4 is 26.6 Å². The van der Waals surface area contributed by atoms with Crippen LogP contribution in [0.4, 0.5) is 24.7 Å². The molecule has 5 aromatic rings. The minimum atomic E-state index is -4.87. The molecule has 11 nitrogen and oxygen atoms in total. The first kappa shape index (κ1) is 35.9. The second kappa shape index (κ2) is 13.8. The summed E-state index contributed by atoms with van der Waals surface area (Å²) in [6.07, 6.45) is -3.25. The molecular formula is C36H33Cl2F3N6O5. The third kappa shape index (κ3) is 6.32. The van der Waals surface area contributed by atoms with Crippen molar-refractivity contribution in [3.63, 3.8) is 0 Å². The van der Waals surface area contributed by atoms with Gasteiger partial charge in [-0.15, -0.1) is 0 Å². The molecular weight excluding hydrogens is 724 g/mol. The van der Waals surface area contributed by atoms with Gasteiger partial charge in [0.05, 0.1) is 46.8 Å². The molecule has 0 radical (unpaired) electrons. The van der Waals surface area contributed by atoms with E-state index in [9.17, 15) is 27.9 Å². The highest BCUT2D eigenvalue weighted by Crippen LogP contribution is 2.45. The normalized spacial score (nSPS) is 18.8. The van der Waals surface area contributed by atoms with E-state index in [1.54, 1.807) is 31.4 Å². The quantitative estimate of drug-likeness (QED) is 0.179. The number of halogens is 5. The standard InChI is InChI=1S/C36H33Cl2F3N6O5/c1-46-25-15-27(36(39,40)41)45-32(29(25)34(49)47(2)35(46)50)43-23-9-5-7-19(31(23)38)18-6-4-8-20(30(18)37)24-14-17-10-11-22(28(17)33(44-24)51-3)42-21-12-13-52-16-26(21)48/h4-9,14-15,21-22,26,42,48H,10-13,16H2,1-3H3,(H,43,45)/t21?,22-,26+/m0/s1. The summed E-state index contributed by atoms with van der Waals surface area (Å²) in [6.45, 7) is 0.853. The summed E-state index contributed by atoms with van der Waals surface area (Å²) in [5.74, 6) is 0.0210. The van der Waals surface area contributed by atoms with Crippen molar-refractivity contribution in [2.45, 2.75) is 43.6 Å². The van der Waals surface area contributed by atoms with Gasteiger partial charge in [-0.3, -0.25) is 13.9 Å². The fourth-order valence-corrected chi connectivity index (χ4v) is 7.57. The number of hydrogen-bond donors (Lipinski definition) is 3. The van der Waals surface area contributed by atoms with Crippen LogP contribution >= 0.6 is 23.2 Å². The number of anilines is 2. The van der Waals surface area contributed by atoms with E-state index in [1.165, 1.54) is 20.2 Å². The molecule has 3 atom stereocenters. The number of rotatable bonds is 7. The Morgan fingerprint density at radius 1 is 0.981 bits per heavy atom. The highest BCUT2D eigenvalue weighted by atomic mass is 35.5. The Morgan fingerprint density at radius 3 is 2.40 bits per heavy atom. The van der Waals surface area contributed by atoms with Gasteiger partial charge in [-0.25, -0.2) is 14.8 Å². The highest BCUT2D eigenvalue weighted by molar-refractivity contribution is 6.39. The molecule has 1 saturated heterocycles. The van der Waals surface area contributed by atoms with Gasteiger partial charge in [-0.1, -0.05) is 53.5 Å². The van der Waals surface area contributed by atoms with Crippen LogP contribution in [0.2, 0.25) is 10.0 Å². The third-order valence-corrected chi connectivity index (χ3v) is 10.5. The van der Waals surface area contributed by atoms with Gasteiger partial charge >= 0.3 is 11.9 Å². The number of alkyl halides is 3. The highest BCUT2D eigenvalue weighted by Gasteiger charge is 2.35. The van der Waals surface area contributed by atoms with E-state index in [4.69, 9.17) is 37.7 Å². The fraction of sp³-hybridized carbons (Fsp3) is 0.333. The van der Waals surface area contributed by atoms with E-state index < -0.39 is 35.0 Å². The summed E-state index contributed by atoms with van der Waals surface area (Å²) in [7, 11) is 4.06. The number of fused-ring (bicyclic) bond motifs is 2. The zero-order chi connectivity index (χ0) is 37.1. The SMILES string of the molecule is COc1nc(-c2cccc(-c3cccc(Nc4nc(C(F)(F)F)cc5c4c(=O)n(C)c(=O)n5C)c3Cl)c2Cl)cc2c1[C@@H](NC1CCOC[C@H]1O)CC2. The van der Waals surface area contributed by atoms with Gasteiger partial charge in [0.1, 0.15) is 16.9 Å². The van der Waals surface area contributed by atoms with E-state index in [2.05, 4.69) is 15.6 Å². The first-order valence-electron chi connectivity index (χ1n) is 16.4. The molecule has 0 bridgehead atoms. The Balaban J connectivity index is 1.27. The minimum absolute atomic E-state index is 0.0615. The minimum Gasteiger partial charge on any atom is -0.481 e. The van der Waals surface area contributed by atoms with Crippen molar-refractivity contribution in [3.05, 3.63) is 96.2 Å². The molecule has 0 spiro atoms. The predicted octanol–water partition coefficient (Wildman–Crippen LogP) is 6.17. The molecule has 7 rings (SSSR count). The van der Waals surface area contributed by atoms with Crippen molar-refractivity contribution in [1.82, 2.24) is 24.4 Å². The monoisotopic (exact) mass is 756 g/mol. The van der Waals surface area contributed by atoms with E-state index >= 15 is 0 Å². The number of nitrogens with one attached hydrogen (secondary N) is 2. The average molecular weight is 758 g/mol. The number of methoxy groups -OCH3 is 1. The van der Waals surface area contributed by atoms with Crippen molar-refractivity contribution in [1.29, 1.82) is 0 Å². The molecule has 2 aromatic carbocycles. The van der Waals surface area contributed by atoms with Crippen LogP contribution in [0.3, 0.4) is 0 Å². The lowest BCUT2D eigenvalue weighted by molar-refractivity contribution is -0.141. The fourth-order valence-electron chi connectivity index (χ4n) is 6.97. The van der Waals surface area contributed by atoms with Crippen LogP contribution in [0.25, 0.3) is 33.3 Å². The Hall–Kier alpha value is -4.47. The first-order valence-corrected chi connectivity index (χ1v) is 17.2. The summed E-state index contributed by atoms with van der Waals surface area (Å²) in [4.78, 5) is 34.4. The van der Waals surface area contributed by atoms with Gasteiger partial charge in [0.15, 0.2) is 0 Å². The number of hydrogen-bond acceptors (Lipinski definition) is 9. The van der Waals surface area contributed by atoms with Crippen LogP contribution in [0.1, 0.15) is 35.7 Å². The van der Waals surface area contributed by atoms with E-state index in [-0.39, 0.29) is 40.3 Å². The number of aromatic nitrogens is 4. The van der Waals surface area contributed by atoms with Crippen LogP contribution in [-0.4, -0.2) is 56.7 Å². The Bertz CT molecular complexity index is 2350. The van der Waals surface area contributed by atoms with Crippen LogP contribution in [-0.2, 0) is 31.4 Å². The summed E-state index contributed by atoms with van der Waals surface area (Å²) in [5, 5.41) is 17.0. The molecule has 1 aliphatic heterocycles. The topological polar surface area (TPSA) is 133 Å². The largest absolute Gasteiger partial charge is 0.481 e. The second-order valence-corrected chi connectivity index (χ2v) is 13.6. The maximum absolute atomic E-state index is 14.0. The van der Waals surface area contributed by atoms with Crippen LogP contribution in [0.15, 0.2) is 58.1 Å². The molecule has 16 heteroatoms. The Labute approximate surface area is 304 Å². The van der Waals surface area contributed by atoms with E-state index in [1.807, 2.05) is 12.1 Å². The van der Waals surface area contributed by atoms with Gasteiger partial charge in [-0.2, -0.15) is 13.2 Å². The number of nitrogens with zero attached hydrogens (tertiary/aromatic N) is 4. The molecule has 4 heterocycles. The van der Waals surface area contributed by atoms with Crippen molar-refractivity contribution >= 4 is 45.6 Å². The average Bonchev–Trinajstić information content (AvgIpc) is 3.53. The molecule has 0 amide bonds. The van der Waals surface area contributed by atoms with Crippen molar-refractivity contribution < 1.29 is 27.8 Å². The molecule has 1 fully saturated rings. The molecule has 1 unspecified atom stereocenters. The lowest BCUT2D eigenvalue weighted by Crippen LogP contribution is -2.47. The van der Waals surface area contributed by atoms with E-state index in [0.29, 0.717) is 52.4 Å². The van der Waals surface area contributed by atoms with E-state index in [0.717, 1.165) is 33.1 Å². The zero-order valence-corrected chi connectivity index (χ0v) is 29.7. The maximum Gasteiger partial charge on any atom is 0.433 e. The Kier molecular flexibility index (Phi) is 9.55. The summed E-state index contributed by atoms with van der Waals surface area (Å²) < 4.78 is 54.8. The number of aliphatic hydroxyl groups excluding tert-OH is 1. The van der Waals surface area contributed by atoms with Crippen LogP contribution in [0, 0.1) is 0 Å². The molecule has 2 aliphatic rings. The number of pyridine rings is 2. The van der Waals surface area contributed by atoms with Crippen molar-refractivity contribution in [2.24, 2.45) is 14.1 Å². The zero-order valence-electron chi connectivity index (χ0n) is 28.1.